The molecule has 1 aliphatic rings. The van der Waals surface area contributed by atoms with Gasteiger partial charge in [0, 0.05) is 17.2 Å². The third-order valence-corrected chi connectivity index (χ3v) is 4.11. The van der Waals surface area contributed by atoms with Gasteiger partial charge in [-0.1, -0.05) is 23.4 Å². The SMILES string of the molecule is Clc1ccc(CNC2=NCCCS2)s1. The van der Waals surface area contributed by atoms with Crippen molar-refractivity contribution < 1.29 is 0 Å². The lowest BCUT2D eigenvalue weighted by Crippen LogP contribution is -2.22. The Morgan fingerprint density at radius 2 is 2.43 bits per heavy atom. The molecule has 0 atom stereocenters. The van der Waals surface area contributed by atoms with E-state index in [9.17, 15) is 0 Å². The molecular formula is C9H11ClN2S2. The lowest BCUT2D eigenvalue weighted by molar-refractivity contribution is 0.889. The molecule has 0 unspecified atom stereocenters. The van der Waals surface area contributed by atoms with Crippen molar-refractivity contribution in [2.75, 3.05) is 12.3 Å². The van der Waals surface area contributed by atoms with Crippen molar-refractivity contribution in [3.8, 4) is 0 Å². The fourth-order valence-electron chi connectivity index (χ4n) is 1.18. The molecule has 76 valence electrons. The molecule has 0 spiro atoms. The average molecular weight is 247 g/mol. The standard InChI is InChI=1S/C9H11ClN2S2/c10-8-3-2-7(14-8)6-12-9-11-4-1-5-13-9/h2-3H,1,4-6H2,(H,11,12). The van der Waals surface area contributed by atoms with Crippen molar-refractivity contribution in [3.05, 3.63) is 21.3 Å². The van der Waals surface area contributed by atoms with Crippen LogP contribution < -0.4 is 5.32 Å². The topological polar surface area (TPSA) is 24.4 Å². The Hall–Kier alpha value is -0.190. The Bertz CT molecular complexity index is 335. The van der Waals surface area contributed by atoms with Gasteiger partial charge in [0.15, 0.2) is 5.17 Å². The predicted molar refractivity (Wildman–Crippen MR) is 65.5 cm³/mol. The highest BCUT2D eigenvalue weighted by Crippen LogP contribution is 2.21. The minimum atomic E-state index is 0.837. The summed E-state index contributed by atoms with van der Waals surface area (Å²) in [7, 11) is 0. The molecule has 0 amide bonds. The first-order chi connectivity index (χ1) is 6.84. The number of aliphatic imine (C=N–C) groups is 1. The second-order valence-corrected chi connectivity index (χ2v) is 5.83. The van der Waals surface area contributed by atoms with Gasteiger partial charge in [0.05, 0.1) is 10.9 Å². The smallest absolute Gasteiger partial charge is 0.156 e. The van der Waals surface area contributed by atoms with Gasteiger partial charge in [0.2, 0.25) is 0 Å². The average Bonchev–Trinajstić information content (AvgIpc) is 2.63. The van der Waals surface area contributed by atoms with Crippen LogP contribution in [-0.2, 0) is 6.54 Å². The number of amidine groups is 1. The highest BCUT2D eigenvalue weighted by Gasteiger charge is 2.05. The van der Waals surface area contributed by atoms with Crippen LogP contribution in [0.25, 0.3) is 0 Å². The summed E-state index contributed by atoms with van der Waals surface area (Å²) in [5.74, 6) is 1.18. The number of hydrogen-bond donors (Lipinski definition) is 1. The van der Waals surface area contributed by atoms with Crippen LogP contribution >= 0.6 is 34.7 Å². The Kier molecular flexibility index (Phi) is 3.73. The largest absolute Gasteiger partial charge is 0.360 e. The van der Waals surface area contributed by atoms with Crippen LogP contribution in [0.2, 0.25) is 4.34 Å². The summed E-state index contributed by atoms with van der Waals surface area (Å²) in [4.78, 5) is 5.65. The predicted octanol–water partition coefficient (Wildman–Crippen LogP) is 2.98. The highest BCUT2D eigenvalue weighted by molar-refractivity contribution is 8.13. The summed E-state index contributed by atoms with van der Waals surface area (Å²) in [6, 6.07) is 3.98. The molecule has 1 N–H and O–H groups in total. The Morgan fingerprint density at radius 1 is 1.50 bits per heavy atom. The van der Waals surface area contributed by atoms with Crippen molar-refractivity contribution >= 4 is 39.9 Å². The van der Waals surface area contributed by atoms with Gasteiger partial charge in [-0.15, -0.1) is 11.3 Å². The van der Waals surface area contributed by atoms with Crippen molar-refractivity contribution in [2.45, 2.75) is 13.0 Å². The van der Waals surface area contributed by atoms with Crippen molar-refractivity contribution in [3.63, 3.8) is 0 Å². The Balaban J connectivity index is 1.84. The van der Waals surface area contributed by atoms with E-state index in [-0.39, 0.29) is 0 Å². The third kappa shape index (κ3) is 2.90. The van der Waals surface area contributed by atoms with Crippen LogP contribution in [0, 0.1) is 0 Å². The number of hydrogen-bond acceptors (Lipinski definition) is 4. The first-order valence-corrected chi connectivity index (χ1v) is 6.68. The van der Waals surface area contributed by atoms with Crippen LogP contribution in [0.4, 0.5) is 0 Å². The minimum absolute atomic E-state index is 0.837. The number of nitrogens with one attached hydrogen (secondary N) is 1. The van der Waals surface area contributed by atoms with E-state index in [2.05, 4.69) is 10.3 Å². The zero-order valence-electron chi connectivity index (χ0n) is 7.62. The van der Waals surface area contributed by atoms with E-state index < -0.39 is 0 Å². The summed E-state index contributed by atoms with van der Waals surface area (Å²) < 4.78 is 0.847. The molecule has 2 heterocycles. The fourth-order valence-corrected chi connectivity index (χ4v) is 3.03. The van der Waals surface area contributed by atoms with E-state index in [4.69, 9.17) is 11.6 Å². The molecule has 1 aromatic heterocycles. The van der Waals surface area contributed by atoms with Crippen molar-refractivity contribution in [2.24, 2.45) is 4.99 Å². The van der Waals surface area contributed by atoms with Crippen LogP contribution in [-0.4, -0.2) is 17.5 Å². The van der Waals surface area contributed by atoms with Gasteiger partial charge >= 0.3 is 0 Å². The molecule has 2 rings (SSSR count). The molecule has 0 saturated heterocycles. The monoisotopic (exact) mass is 246 g/mol. The lowest BCUT2D eigenvalue weighted by atomic mass is 10.5. The summed E-state index contributed by atoms with van der Waals surface area (Å²) >= 11 is 9.25. The molecule has 1 aliphatic heterocycles. The van der Waals surface area contributed by atoms with Gasteiger partial charge in [-0.2, -0.15) is 0 Å². The molecular weight excluding hydrogens is 236 g/mol. The summed E-state index contributed by atoms with van der Waals surface area (Å²) in [6.45, 7) is 1.80. The van der Waals surface area contributed by atoms with E-state index in [1.807, 2.05) is 12.1 Å². The van der Waals surface area contributed by atoms with Crippen LogP contribution in [0.1, 0.15) is 11.3 Å². The molecule has 14 heavy (non-hydrogen) atoms. The maximum Gasteiger partial charge on any atom is 0.156 e. The van der Waals surface area contributed by atoms with E-state index >= 15 is 0 Å². The lowest BCUT2D eigenvalue weighted by Gasteiger charge is -2.12. The molecule has 0 saturated carbocycles. The summed E-state index contributed by atoms with van der Waals surface area (Å²) in [6.07, 6.45) is 1.20. The van der Waals surface area contributed by atoms with Crippen molar-refractivity contribution in [1.29, 1.82) is 0 Å². The minimum Gasteiger partial charge on any atom is -0.360 e. The van der Waals surface area contributed by atoms with Gasteiger partial charge in [-0.3, -0.25) is 4.99 Å². The maximum absolute atomic E-state index is 5.84. The molecule has 1 aromatic rings. The van der Waals surface area contributed by atoms with E-state index in [1.165, 1.54) is 17.1 Å². The first-order valence-electron chi connectivity index (χ1n) is 4.50. The second-order valence-electron chi connectivity index (χ2n) is 2.95. The number of halogens is 1. The highest BCUT2D eigenvalue weighted by atomic mass is 35.5. The second kappa shape index (κ2) is 5.05. The Labute approximate surface area is 96.8 Å². The van der Waals surface area contributed by atoms with Gasteiger partial charge in [-0.05, 0) is 18.6 Å². The number of thiophene rings is 1. The van der Waals surface area contributed by atoms with Crippen LogP contribution in [0.5, 0.6) is 0 Å². The molecule has 0 aromatic carbocycles. The Morgan fingerprint density at radius 3 is 3.07 bits per heavy atom. The number of nitrogens with zero attached hydrogens (tertiary/aromatic N) is 1. The first kappa shape index (κ1) is 10.3. The summed E-state index contributed by atoms with van der Waals surface area (Å²) in [5.41, 5.74) is 0. The van der Waals surface area contributed by atoms with E-state index in [0.717, 1.165) is 22.6 Å². The number of thioether (sulfide) groups is 1. The quantitative estimate of drug-likeness (QED) is 0.868. The molecule has 2 nitrogen and oxygen atoms in total. The van der Waals surface area contributed by atoms with Crippen LogP contribution in [0.3, 0.4) is 0 Å². The van der Waals surface area contributed by atoms with Gasteiger partial charge in [-0.25, -0.2) is 0 Å². The van der Waals surface area contributed by atoms with E-state index in [0.29, 0.717) is 0 Å². The van der Waals surface area contributed by atoms with Gasteiger partial charge < -0.3 is 5.32 Å². The van der Waals surface area contributed by atoms with Gasteiger partial charge in [0.25, 0.3) is 0 Å². The van der Waals surface area contributed by atoms with E-state index in [1.54, 1.807) is 23.1 Å². The van der Waals surface area contributed by atoms with Crippen molar-refractivity contribution in [1.82, 2.24) is 5.32 Å². The molecule has 0 aliphatic carbocycles. The summed E-state index contributed by atoms with van der Waals surface area (Å²) in [5, 5.41) is 4.39. The zero-order chi connectivity index (χ0) is 9.80. The maximum atomic E-state index is 5.84. The molecule has 0 bridgehead atoms. The molecule has 0 radical (unpaired) electrons. The normalized spacial score (nSPS) is 16.5. The number of rotatable bonds is 2. The van der Waals surface area contributed by atoms with Gasteiger partial charge in [0.1, 0.15) is 0 Å². The molecule has 5 heteroatoms. The zero-order valence-corrected chi connectivity index (χ0v) is 10.0. The van der Waals surface area contributed by atoms with Crippen LogP contribution in [0.15, 0.2) is 17.1 Å². The fraction of sp³-hybridized carbons (Fsp3) is 0.444. The molecule has 0 fully saturated rings. The third-order valence-electron chi connectivity index (χ3n) is 1.84.